The summed E-state index contributed by atoms with van der Waals surface area (Å²) in [5, 5.41) is 12.1. The summed E-state index contributed by atoms with van der Waals surface area (Å²) in [6.07, 6.45) is 1.27. The van der Waals surface area contributed by atoms with Crippen molar-refractivity contribution in [3.8, 4) is 11.1 Å². The van der Waals surface area contributed by atoms with Crippen LogP contribution in [0.15, 0.2) is 71.2 Å². The molecule has 10 heteroatoms. The molecule has 0 unspecified atom stereocenters. The van der Waals surface area contributed by atoms with Crippen LogP contribution < -0.4 is 5.32 Å². The van der Waals surface area contributed by atoms with Crippen LogP contribution in [0.3, 0.4) is 0 Å². The average Bonchev–Trinajstić information content (AvgIpc) is 2.92. The molecule has 0 fully saturated rings. The van der Waals surface area contributed by atoms with Crippen molar-refractivity contribution in [3.63, 3.8) is 0 Å². The van der Waals surface area contributed by atoms with Crippen molar-refractivity contribution in [2.45, 2.75) is 45.4 Å². The average molecular weight is 647 g/mol. The SMILES string of the molecule is CCOC[C@H](Cc1cccc(Br)c1)OCc1ccc(C(=O)N[C@@H](CCS(C)(=O)=O)C(=O)O)c(-c2ccccc2C)c1. The maximum Gasteiger partial charge on any atom is 0.326 e. The summed E-state index contributed by atoms with van der Waals surface area (Å²) < 4.78 is 36.1. The highest BCUT2D eigenvalue weighted by Gasteiger charge is 2.24. The van der Waals surface area contributed by atoms with Gasteiger partial charge in [-0.05, 0) is 72.4 Å². The molecule has 0 aliphatic rings. The van der Waals surface area contributed by atoms with Gasteiger partial charge in [0.2, 0.25) is 0 Å². The summed E-state index contributed by atoms with van der Waals surface area (Å²) in [6, 6.07) is 19.6. The molecular weight excluding hydrogens is 610 g/mol. The summed E-state index contributed by atoms with van der Waals surface area (Å²) in [6.45, 7) is 5.14. The molecule has 1 amide bonds. The molecule has 3 aromatic rings. The Labute approximate surface area is 250 Å². The second-order valence-electron chi connectivity index (χ2n) is 9.90. The number of hydrogen-bond donors (Lipinski definition) is 2. The number of ether oxygens (including phenoxy) is 2. The minimum absolute atomic E-state index is 0.194. The van der Waals surface area contributed by atoms with E-state index in [0.717, 1.165) is 33.0 Å². The van der Waals surface area contributed by atoms with Crippen LogP contribution >= 0.6 is 15.9 Å². The number of benzene rings is 3. The zero-order valence-corrected chi connectivity index (χ0v) is 25.8. The van der Waals surface area contributed by atoms with Gasteiger partial charge in [0.15, 0.2) is 0 Å². The van der Waals surface area contributed by atoms with Crippen LogP contribution in [-0.4, -0.2) is 62.8 Å². The van der Waals surface area contributed by atoms with Crippen molar-refractivity contribution in [1.82, 2.24) is 5.32 Å². The second kappa shape index (κ2) is 15.3. The van der Waals surface area contributed by atoms with E-state index in [4.69, 9.17) is 9.47 Å². The molecule has 0 spiro atoms. The molecule has 0 heterocycles. The maximum absolute atomic E-state index is 13.3. The molecule has 3 rings (SSSR count). The van der Waals surface area contributed by atoms with Gasteiger partial charge in [0, 0.05) is 29.3 Å². The fourth-order valence-electron chi connectivity index (χ4n) is 4.36. The number of carboxylic acid groups (broad SMARTS) is 1. The number of hydrogen-bond acceptors (Lipinski definition) is 6. The van der Waals surface area contributed by atoms with Gasteiger partial charge in [-0.25, -0.2) is 13.2 Å². The highest BCUT2D eigenvalue weighted by molar-refractivity contribution is 9.10. The van der Waals surface area contributed by atoms with E-state index >= 15 is 0 Å². The second-order valence-corrected chi connectivity index (χ2v) is 13.1. The zero-order valence-electron chi connectivity index (χ0n) is 23.4. The number of sulfone groups is 1. The first-order valence-corrected chi connectivity index (χ1v) is 16.2. The van der Waals surface area contributed by atoms with Crippen LogP contribution in [0.1, 0.15) is 40.4 Å². The number of rotatable bonds is 15. The van der Waals surface area contributed by atoms with Gasteiger partial charge in [-0.15, -0.1) is 0 Å². The topological polar surface area (TPSA) is 119 Å². The Kier molecular flexibility index (Phi) is 12.1. The molecule has 8 nitrogen and oxygen atoms in total. The largest absolute Gasteiger partial charge is 0.480 e. The first-order chi connectivity index (χ1) is 19.5. The highest BCUT2D eigenvalue weighted by Crippen LogP contribution is 2.29. The summed E-state index contributed by atoms with van der Waals surface area (Å²) in [5.74, 6) is -2.25. The van der Waals surface area contributed by atoms with E-state index in [1.807, 2.05) is 68.4 Å². The lowest BCUT2D eigenvalue weighted by Gasteiger charge is -2.20. The molecule has 2 N–H and O–H groups in total. The Bertz CT molecular complexity index is 1460. The van der Waals surface area contributed by atoms with Crippen molar-refractivity contribution in [2.75, 3.05) is 25.2 Å². The molecule has 2 atom stereocenters. The number of nitrogens with one attached hydrogen (secondary N) is 1. The lowest BCUT2D eigenvalue weighted by Crippen LogP contribution is -2.42. The molecule has 0 saturated carbocycles. The van der Waals surface area contributed by atoms with Crippen molar-refractivity contribution in [1.29, 1.82) is 0 Å². The smallest absolute Gasteiger partial charge is 0.326 e. The molecule has 0 aliphatic carbocycles. The van der Waals surface area contributed by atoms with Crippen molar-refractivity contribution in [2.24, 2.45) is 0 Å². The maximum atomic E-state index is 13.3. The van der Waals surface area contributed by atoms with Gasteiger partial charge >= 0.3 is 5.97 Å². The highest BCUT2D eigenvalue weighted by atomic mass is 79.9. The molecule has 0 radical (unpaired) electrons. The Morgan fingerprint density at radius 2 is 1.76 bits per heavy atom. The Morgan fingerprint density at radius 1 is 1.00 bits per heavy atom. The van der Waals surface area contributed by atoms with Gasteiger partial charge in [-0.3, -0.25) is 4.79 Å². The van der Waals surface area contributed by atoms with Gasteiger partial charge in [0.25, 0.3) is 5.91 Å². The molecule has 41 heavy (non-hydrogen) atoms. The van der Waals surface area contributed by atoms with E-state index in [1.54, 1.807) is 12.1 Å². The first kappa shape index (κ1) is 32.5. The van der Waals surface area contributed by atoms with Crippen molar-refractivity contribution < 1.29 is 32.6 Å². The van der Waals surface area contributed by atoms with Crippen molar-refractivity contribution >= 4 is 37.6 Å². The summed E-state index contributed by atoms with van der Waals surface area (Å²) >= 11 is 3.51. The number of halogens is 1. The number of carboxylic acids is 1. The molecule has 0 aromatic heterocycles. The predicted octanol–water partition coefficient (Wildman–Crippen LogP) is 5.21. The number of amides is 1. The number of aryl methyl sites for hydroxylation is 1. The minimum atomic E-state index is -3.40. The van der Waals surface area contributed by atoms with Gasteiger partial charge in [0.05, 0.1) is 25.1 Å². The standard InChI is InChI=1S/C31H36BrNO7S/c1-4-39-20-25(17-22-9-7-10-24(32)16-22)40-19-23-12-13-27(28(18-23)26-11-6-5-8-21(26)2)30(34)33-29(31(35)36)14-15-41(3,37)38/h5-13,16,18,25,29H,4,14-15,17,19-20H2,1-3H3,(H,33,34)(H,35,36)/t25-,29-/m0/s1. The Balaban J connectivity index is 1.87. The van der Waals surface area contributed by atoms with E-state index in [0.29, 0.717) is 25.2 Å². The fourth-order valence-corrected chi connectivity index (χ4v) is 5.47. The van der Waals surface area contributed by atoms with Gasteiger partial charge < -0.3 is 19.9 Å². The zero-order chi connectivity index (χ0) is 30.0. The molecule has 0 bridgehead atoms. The Morgan fingerprint density at radius 3 is 2.41 bits per heavy atom. The van der Waals surface area contributed by atoms with E-state index < -0.39 is 27.8 Å². The molecular formula is C31H36BrNO7S. The Hall–Kier alpha value is -3.05. The van der Waals surface area contributed by atoms with Crippen LogP contribution in [0.25, 0.3) is 11.1 Å². The third-order valence-electron chi connectivity index (χ3n) is 6.49. The molecule has 0 aliphatic heterocycles. The monoisotopic (exact) mass is 645 g/mol. The number of carbonyl (C=O) groups excluding carboxylic acids is 1. The number of carbonyl (C=O) groups is 2. The first-order valence-electron chi connectivity index (χ1n) is 13.3. The van der Waals surface area contributed by atoms with E-state index in [1.165, 1.54) is 0 Å². The summed E-state index contributed by atoms with van der Waals surface area (Å²) in [5.41, 5.74) is 4.62. The van der Waals surface area contributed by atoms with Gasteiger partial charge in [-0.1, -0.05) is 58.4 Å². The van der Waals surface area contributed by atoms with Crippen molar-refractivity contribution in [3.05, 3.63) is 93.5 Å². The summed E-state index contributed by atoms with van der Waals surface area (Å²) in [7, 11) is -3.40. The normalized spacial score (nSPS) is 13.0. The predicted molar refractivity (Wildman–Crippen MR) is 163 cm³/mol. The fraction of sp³-hybridized carbons (Fsp3) is 0.355. The van der Waals surface area contributed by atoms with Crippen LogP contribution in [0.5, 0.6) is 0 Å². The lowest BCUT2D eigenvalue weighted by molar-refractivity contribution is -0.139. The van der Waals surface area contributed by atoms with E-state index in [-0.39, 0.29) is 30.4 Å². The van der Waals surface area contributed by atoms with Gasteiger partial charge in [-0.2, -0.15) is 0 Å². The quantitative estimate of drug-likeness (QED) is 0.233. The lowest BCUT2D eigenvalue weighted by atomic mass is 9.93. The number of aliphatic carboxylic acids is 1. The minimum Gasteiger partial charge on any atom is -0.480 e. The van der Waals surface area contributed by atoms with Gasteiger partial charge in [0.1, 0.15) is 15.9 Å². The van der Waals surface area contributed by atoms with E-state index in [9.17, 15) is 23.1 Å². The summed E-state index contributed by atoms with van der Waals surface area (Å²) in [4.78, 5) is 25.1. The van der Waals surface area contributed by atoms with Crippen LogP contribution in [0.2, 0.25) is 0 Å². The van der Waals surface area contributed by atoms with Crippen LogP contribution in [0, 0.1) is 6.92 Å². The molecule has 3 aromatic carbocycles. The molecule has 0 saturated heterocycles. The van der Waals surface area contributed by atoms with E-state index in [2.05, 4.69) is 21.2 Å². The third-order valence-corrected chi connectivity index (χ3v) is 7.96. The molecule has 220 valence electrons. The van der Waals surface area contributed by atoms with Crippen LogP contribution in [-0.2, 0) is 37.1 Å². The third kappa shape index (κ3) is 10.4. The van der Waals surface area contributed by atoms with Crippen LogP contribution in [0.4, 0.5) is 0 Å².